The van der Waals surface area contributed by atoms with Crippen LogP contribution in [0.2, 0.25) is 0 Å². The fraction of sp³-hybridized carbons (Fsp3) is 0.217. The van der Waals surface area contributed by atoms with Gasteiger partial charge < -0.3 is 19.5 Å². The standard InChI is InChI=1S/C23H22N2O7S/c1-30-19-10-14(18(25(28)29)13-20(19)31-2)11-22(26)24-17-7-5-4-6-16(17)21-9-8-15(33-21)12-23(27)32-3/h4-10,13H,11-12H2,1-3H3,(H,24,26). The van der Waals surface area contributed by atoms with E-state index in [1.165, 1.54) is 44.8 Å². The highest BCUT2D eigenvalue weighted by atomic mass is 32.1. The molecule has 0 aliphatic carbocycles. The van der Waals surface area contributed by atoms with Crippen LogP contribution in [0.15, 0.2) is 48.5 Å². The van der Waals surface area contributed by atoms with Gasteiger partial charge in [-0.05, 0) is 24.3 Å². The highest BCUT2D eigenvalue weighted by molar-refractivity contribution is 7.15. The Kier molecular flexibility index (Phi) is 7.62. The second kappa shape index (κ2) is 10.6. The molecule has 0 radical (unpaired) electrons. The van der Waals surface area contributed by atoms with Crippen LogP contribution < -0.4 is 14.8 Å². The van der Waals surface area contributed by atoms with Gasteiger partial charge in [-0.15, -0.1) is 11.3 Å². The molecule has 1 heterocycles. The number of thiophene rings is 1. The van der Waals surface area contributed by atoms with Gasteiger partial charge in [0.2, 0.25) is 5.91 Å². The van der Waals surface area contributed by atoms with Gasteiger partial charge in [-0.25, -0.2) is 0 Å². The van der Waals surface area contributed by atoms with E-state index in [4.69, 9.17) is 14.2 Å². The molecule has 0 aliphatic rings. The Morgan fingerprint density at radius 3 is 2.36 bits per heavy atom. The zero-order valence-corrected chi connectivity index (χ0v) is 19.1. The van der Waals surface area contributed by atoms with Crippen LogP contribution in [-0.2, 0) is 27.2 Å². The number of hydrogen-bond acceptors (Lipinski definition) is 8. The first-order valence-electron chi connectivity index (χ1n) is 9.80. The number of hydrogen-bond donors (Lipinski definition) is 1. The van der Waals surface area contributed by atoms with Crippen molar-refractivity contribution in [2.45, 2.75) is 12.8 Å². The van der Waals surface area contributed by atoms with Crippen molar-refractivity contribution >= 4 is 34.6 Å². The molecule has 0 fully saturated rings. The number of rotatable bonds is 9. The quantitative estimate of drug-likeness (QED) is 0.282. The Labute approximate surface area is 194 Å². The van der Waals surface area contributed by atoms with Gasteiger partial charge in [0, 0.05) is 26.6 Å². The maximum Gasteiger partial charge on any atom is 0.310 e. The third-order valence-corrected chi connectivity index (χ3v) is 5.93. The molecule has 0 aliphatic heterocycles. The van der Waals surface area contributed by atoms with Crippen LogP contribution in [0.25, 0.3) is 10.4 Å². The van der Waals surface area contributed by atoms with Gasteiger partial charge in [0.15, 0.2) is 11.5 Å². The second-order valence-corrected chi connectivity index (χ2v) is 8.05. The minimum absolute atomic E-state index is 0.165. The number of anilines is 1. The average Bonchev–Trinajstić information content (AvgIpc) is 3.26. The minimum Gasteiger partial charge on any atom is -0.493 e. The van der Waals surface area contributed by atoms with E-state index < -0.39 is 10.8 Å². The molecule has 0 saturated heterocycles. The van der Waals surface area contributed by atoms with Crippen LogP contribution >= 0.6 is 11.3 Å². The molecule has 0 unspecified atom stereocenters. The molecule has 0 bridgehead atoms. The summed E-state index contributed by atoms with van der Waals surface area (Å²) in [6.07, 6.45) is -0.0678. The summed E-state index contributed by atoms with van der Waals surface area (Å²) >= 11 is 1.42. The predicted molar refractivity (Wildman–Crippen MR) is 124 cm³/mol. The van der Waals surface area contributed by atoms with Crippen molar-refractivity contribution in [3.8, 4) is 21.9 Å². The van der Waals surface area contributed by atoms with E-state index in [0.29, 0.717) is 11.4 Å². The molecule has 1 N–H and O–H groups in total. The zero-order chi connectivity index (χ0) is 24.0. The molecule has 0 spiro atoms. The van der Waals surface area contributed by atoms with Crippen molar-refractivity contribution in [2.24, 2.45) is 0 Å². The van der Waals surface area contributed by atoms with Crippen molar-refractivity contribution < 1.29 is 28.7 Å². The van der Waals surface area contributed by atoms with Gasteiger partial charge in [-0.3, -0.25) is 19.7 Å². The topological polar surface area (TPSA) is 117 Å². The van der Waals surface area contributed by atoms with E-state index in [0.717, 1.165) is 15.3 Å². The number of ether oxygens (including phenoxy) is 3. The first-order chi connectivity index (χ1) is 15.9. The summed E-state index contributed by atoms with van der Waals surface area (Å²) in [5, 5.41) is 14.3. The van der Waals surface area contributed by atoms with Gasteiger partial charge in [0.05, 0.1) is 45.2 Å². The molecule has 9 nitrogen and oxygen atoms in total. The van der Waals surface area contributed by atoms with Gasteiger partial charge in [-0.1, -0.05) is 18.2 Å². The number of nitrogens with zero attached hydrogens (tertiary/aromatic N) is 1. The van der Waals surface area contributed by atoms with Crippen LogP contribution in [0.3, 0.4) is 0 Å². The van der Waals surface area contributed by atoms with E-state index in [1.54, 1.807) is 12.1 Å². The smallest absolute Gasteiger partial charge is 0.310 e. The van der Waals surface area contributed by atoms with Gasteiger partial charge in [0.25, 0.3) is 5.69 Å². The maximum atomic E-state index is 12.8. The lowest BCUT2D eigenvalue weighted by Gasteiger charge is -2.12. The number of nitrogens with one attached hydrogen (secondary N) is 1. The van der Waals surface area contributed by atoms with Gasteiger partial charge in [-0.2, -0.15) is 0 Å². The summed E-state index contributed by atoms with van der Waals surface area (Å²) < 4.78 is 15.0. The number of nitro groups is 1. The number of carbonyl (C=O) groups excluding carboxylic acids is 2. The molecule has 3 rings (SSSR count). The lowest BCUT2D eigenvalue weighted by molar-refractivity contribution is -0.385. The van der Waals surface area contributed by atoms with E-state index >= 15 is 0 Å². The Balaban J connectivity index is 1.84. The minimum atomic E-state index is -0.562. The number of nitro benzene ring substituents is 1. The van der Waals surface area contributed by atoms with E-state index in [9.17, 15) is 19.7 Å². The Bertz CT molecular complexity index is 1190. The largest absolute Gasteiger partial charge is 0.493 e. The van der Waals surface area contributed by atoms with Crippen LogP contribution in [0.4, 0.5) is 11.4 Å². The first kappa shape index (κ1) is 23.7. The molecular formula is C23H22N2O7S. The Morgan fingerprint density at radius 2 is 1.70 bits per heavy atom. The maximum absolute atomic E-state index is 12.8. The Hall–Kier alpha value is -3.92. The van der Waals surface area contributed by atoms with E-state index in [-0.39, 0.29) is 35.8 Å². The van der Waals surface area contributed by atoms with Crippen molar-refractivity contribution in [2.75, 3.05) is 26.6 Å². The van der Waals surface area contributed by atoms with Crippen molar-refractivity contribution in [3.63, 3.8) is 0 Å². The number of para-hydroxylation sites is 1. The van der Waals surface area contributed by atoms with E-state index in [1.807, 2.05) is 24.3 Å². The fourth-order valence-corrected chi connectivity index (χ4v) is 4.26. The lowest BCUT2D eigenvalue weighted by atomic mass is 10.1. The normalized spacial score (nSPS) is 10.4. The fourth-order valence-electron chi connectivity index (χ4n) is 3.23. The van der Waals surface area contributed by atoms with Crippen LogP contribution in [0.5, 0.6) is 11.5 Å². The second-order valence-electron chi connectivity index (χ2n) is 6.88. The molecule has 0 atom stereocenters. The third kappa shape index (κ3) is 5.66. The summed E-state index contributed by atoms with van der Waals surface area (Å²) in [6.45, 7) is 0. The van der Waals surface area contributed by atoms with Crippen LogP contribution in [-0.4, -0.2) is 38.1 Å². The highest BCUT2D eigenvalue weighted by Crippen LogP contribution is 2.36. The van der Waals surface area contributed by atoms with Gasteiger partial charge >= 0.3 is 5.97 Å². The number of benzene rings is 2. The average molecular weight is 471 g/mol. The summed E-state index contributed by atoms with van der Waals surface area (Å²) in [6, 6.07) is 13.6. The zero-order valence-electron chi connectivity index (χ0n) is 18.2. The molecule has 1 aromatic heterocycles. The molecular weight excluding hydrogens is 448 g/mol. The SMILES string of the molecule is COC(=O)Cc1ccc(-c2ccccc2NC(=O)Cc2cc(OC)c(OC)cc2[N+](=O)[O-])s1. The number of methoxy groups -OCH3 is 3. The number of carbonyl (C=O) groups is 2. The highest BCUT2D eigenvalue weighted by Gasteiger charge is 2.22. The van der Waals surface area contributed by atoms with Crippen molar-refractivity contribution in [3.05, 3.63) is 69.1 Å². The number of esters is 1. The van der Waals surface area contributed by atoms with Gasteiger partial charge in [0.1, 0.15) is 0 Å². The summed E-state index contributed by atoms with van der Waals surface area (Å²) in [5.74, 6) is -0.257. The molecule has 33 heavy (non-hydrogen) atoms. The summed E-state index contributed by atoms with van der Waals surface area (Å²) in [7, 11) is 4.13. The van der Waals surface area contributed by atoms with Crippen molar-refractivity contribution in [1.29, 1.82) is 0 Å². The molecule has 10 heteroatoms. The Morgan fingerprint density at radius 1 is 1.00 bits per heavy atom. The predicted octanol–water partition coefficient (Wildman–Crippen LogP) is 4.24. The summed E-state index contributed by atoms with van der Waals surface area (Å²) in [4.78, 5) is 37.0. The molecule has 3 aromatic rings. The van der Waals surface area contributed by atoms with Crippen LogP contribution in [0.1, 0.15) is 10.4 Å². The third-order valence-electron chi connectivity index (χ3n) is 4.81. The van der Waals surface area contributed by atoms with Crippen molar-refractivity contribution in [1.82, 2.24) is 0 Å². The lowest BCUT2D eigenvalue weighted by Crippen LogP contribution is -2.16. The molecule has 0 saturated carbocycles. The van der Waals surface area contributed by atoms with E-state index in [2.05, 4.69) is 5.32 Å². The monoisotopic (exact) mass is 470 g/mol. The summed E-state index contributed by atoms with van der Waals surface area (Å²) in [5.41, 5.74) is 1.29. The molecule has 172 valence electrons. The first-order valence-corrected chi connectivity index (χ1v) is 10.6. The molecule has 2 aromatic carbocycles. The van der Waals surface area contributed by atoms with Crippen LogP contribution in [0, 0.1) is 10.1 Å². The molecule has 1 amide bonds. The number of amides is 1.